The maximum Gasteiger partial charge on any atom is 0.372 e. The second-order valence-corrected chi connectivity index (χ2v) is 3.73. The molecule has 0 spiro atoms. The molecule has 14 heavy (non-hydrogen) atoms. The van der Waals surface area contributed by atoms with Crippen LogP contribution in [0.5, 0.6) is 0 Å². The molecule has 0 rings (SSSR count). The molecular weight excluding hydrogens is 184 g/mol. The number of carbonyl (C=O) groups is 1. The summed E-state index contributed by atoms with van der Waals surface area (Å²) in [5.41, 5.74) is -0.266. The van der Waals surface area contributed by atoms with Crippen LogP contribution in [-0.2, 0) is 19.6 Å². The number of allylic oxidation sites excluding steroid dienone is 1. The normalized spacial score (nSPS) is 10.8. The molecule has 0 fully saturated rings. The van der Waals surface area contributed by atoms with Crippen molar-refractivity contribution in [2.75, 3.05) is 0 Å². The lowest BCUT2D eigenvalue weighted by Gasteiger charge is -2.15. The van der Waals surface area contributed by atoms with Gasteiger partial charge in [0.05, 0.1) is 5.60 Å². The second kappa shape index (κ2) is 5.57. The highest BCUT2D eigenvalue weighted by molar-refractivity contribution is 5.87. The van der Waals surface area contributed by atoms with Crippen molar-refractivity contribution in [3.05, 3.63) is 24.8 Å². The molecule has 0 aromatic rings. The van der Waals surface area contributed by atoms with Gasteiger partial charge in [-0.1, -0.05) is 12.7 Å². The lowest BCUT2D eigenvalue weighted by atomic mass is 10.2. The highest BCUT2D eigenvalue weighted by Gasteiger charge is 2.15. The van der Waals surface area contributed by atoms with Crippen LogP contribution in [0.3, 0.4) is 0 Å². The fraction of sp³-hybridized carbons (Fsp3) is 0.500. The summed E-state index contributed by atoms with van der Waals surface area (Å²) in [5.74, 6) is -0.658. The van der Waals surface area contributed by atoms with Crippen molar-refractivity contribution in [2.45, 2.75) is 32.8 Å². The number of hydrogen-bond acceptors (Lipinski definition) is 4. The minimum Gasteiger partial charge on any atom is -0.264 e. The molecule has 0 aliphatic heterocycles. The quantitative estimate of drug-likeness (QED) is 0.296. The summed E-state index contributed by atoms with van der Waals surface area (Å²) in [4.78, 5) is 20.1. The molecule has 0 radical (unpaired) electrons. The Morgan fingerprint density at radius 3 is 2.43 bits per heavy atom. The Morgan fingerprint density at radius 2 is 2.00 bits per heavy atom. The van der Waals surface area contributed by atoms with E-state index >= 15 is 0 Å². The molecule has 0 bridgehead atoms. The number of carbonyl (C=O) groups excluding carboxylic acids is 1. The van der Waals surface area contributed by atoms with E-state index in [-0.39, 0.29) is 5.57 Å². The lowest BCUT2D eigenvalue weighted by Crippen LogP contribution is -2.21. The van der Waals surface area contributed by atoms with Crippen molar-refractivity contribution in [1.29, 1.82) is 0 Å². The second-order valence-electron chi connectivity index (χ2n) is 3.73. The van der Waals surface area contributed by atoms with Gasteiger partial charge < -0.3 is 0 Å². The Kier molecular flexibility index (Phi) is 5.12. The van der Waals surface area contributed by atoms with E-state index in [0.717, 1.165) is 0 Å². The molecule has 0 aliphatic carbocycles. The van der Waals surface area contributed by atoms with Crippen LogP contribution >= 0.6 is 0 Å². The van der Waals surface area contributed by atoms with Gasteiger partial charge in [-0.3, -0.25) is 4.89 Å². The molecule has 0 N–H and O–H groups in total. The summed E-state index contributed by atoms with van der Waals surface area (Å²) in [7, 11) is 0. The molecule has 0 saturated carbocycles. The highest BCUT2D eigenvalue weighted by Crippen LogP contribution is 2.08. The Bertz CT molecular complexity index is 225. The van der Waals surface area contributed by atoms with E-state index < -0.39 is 11.6 Å². The van der Waals surface area contributed by atoms with Crippen LogP contribution < -0.4 is 0 Å². The van der Waals surface area contributed by atoms with Crippen molar-refractivity contribution in [3.8, 4) is 0 Å². The van der Waals surface area contributed by atoms with Gasteiger partial charge in [-0.15, -0.1) is 6.58 Å². The predicted octanol–water partition coefficient (Wildman–Crippen LogP) is 2.32. The van der Waals surface area contributed by atoms with Crippen LogP contribution in [0.25, 0.3) is 0 Å². The van der Waals surface area contributed by atoms with Crippen LogP contribution in [0.15, 0.2) is 24.8 Å². The SMILES string of the molecule is C=CCC(=C)C(=O)OOOC(C)(C)C. The Morgan fingerprint density at radius 1 is 1.43 bits per heavy atom. The van der Waals surface area contributed by atoms with Gasteiger partial charge >= 0.3 is 5.97 Å². The predicted molar refractivity (Wildman–Crippen MR) is 52.0 cm³/mol. The van der Waals surface area contributed by atoms with Crippen LogP contribution in [0.2, 0.25) is 0 Å². The van der Waals surface area contributed by atoms with Crippen molar-refractivity contribution >= 4 is 5.97 Å². The molecule has 0 aromatic carbocycles. The van der Waals surface area contributed by atoms with Gasteiger partial charge in [-0.25, -0.2) is 4.79 Å². The van der Waals surface area contributed by atoms with Crippen molar-refractivity contribution in [2.24, 2.45) is 0 Å². The molecule has 0 unspecified atom stereocenters. The molecule has 80 valence electrons. The molecule has 0 saturated heterocycles. The molecular formula is C10H16O4. The third-order valence-electron chi connectivity index (χ3n) is 1.07. The molecule has 0 aliphatic rings. The van der Waals surface area contributed by atoms with Crippen LogP contribution in [0.1, 0.15) is 27.2 Å². The Hall–Kier alpha value is -1.13. The van der Waals surface area contributed by atoms with E-state index in [1.807, 2.05) is 0 Å². The summed E-state index contributed by atoms with van der Waals surface area (Å²) in [5, 5.41) is 4.28. The zero-order valence-electron chi connectivity index (χ0n) is 8.83. The van der Waals surface area contributed by atoms with E-state index in [4.69, 9.17) is 4.89 Å². The first-order chi connectivity index (χ1) is 6.37. The molecule has 0 amide bonds. The van der Waals surface area contributed by atoms with Gasteiger partial charge in [0.15, 0.2) is 0 Å². The fourth-order valence-corrected chi connectivity index (χ4v) is 0.466. The first-order valence-corrected chi connectivity index (χ1v) is 4.22. The summed E-state index contributed by atoms with van der Waals surface area (Å²) >= 11 is 0. The van der Waals surface area contributed by atoms with Gasteiger partial charge in [0, 0.05) is 5.57 Å². The third-order valence-corrected chi connectivity index (χ3v) is 1.07. The zero-order valence-corrected chi connectivity index (χ0v) is 8.83. The highest BCUT2D eigenvalue weighted by atomic mass is 17.5. The summed E-state index contributed by atoms with van der Waals surface area (Å²) in [6.07, 6.45) is 1.91. The van der Waals surface area contributed by atoms with Gasteiger partial charge in [-0.2, -0.15) is 4.89 Å². The molecule has 0 aromatic heterocycles. The van der Waals surface area contributed by atoms with E-state index in [1.165, 1.54) is 0 Å². The summed E-state index contributed by atoms with van der Waals surface area (Å²) < 4.78 is 0. The topological polar surface area (TPSA) is 44.8 Å². The van der Waals surface area contributed by atoms with Gasteiger partial charge in [0.25, 0.3) is 0 Å². The first-order valence-electron chi connectivity index (χ1n) is 4.22. The van der Waals surface area contributed by atoms with Crippen molar-refractivity contribution in [1.82, 2.24) is 0 Å². The van der Waals surface area contributed by atoms with Gasteiger partial charge in [0.2, 0.25) is 0 Å². The van der Waals surface area contributed by atoms with Gasteiger partial charge in [0.1, 0.15) is 0 Å². The van der Waals surface area contributed by atoms with E-state index in [0.29, 0.717) is 6.42 Å². The molecule has 0 atom stereocenters. The minimum absolute atomic E-state index is 0.262. The number of hydrogen-bond donors (Lipinski definition) is 0. The molecule has 4 nitrogen and oxygen atoms in total. The monoisotopic (exact) mass is 200 g/mol. The molecule has 4 heteroatoms. The van der Waals surface area contributed by atoms with Crippen LogP contribution in [0.4, 0.5) is 0 Å². The van der Waals surface area contributed by atoms with Crippen molar-refractivity contribution in [3.63, 3.8) is 0 Å². The minimum atomic E-state index is -0.658. The van der Waals surface area contributed by atoms with Gasteiger partial charge in [-0.05, 0) is 32.2 Å². The summed E-state index contributed by atoms with van der Waals surface area (Å²) in [6.45, 7) is 12.2. The van der Waals surface area contributed by atoms with E-state index in [2.05, 4.69) is 23.1 Å². The maximum absolute atomic E-state index is 11.0. The fourth-order valence-electron chi connectivity index (χ4n) is 0.466. The Balaban J connectivity index is 3.75. The van der Waals surface area contributed by atoms with Crippen LogP contribution in [0, 0.1) is 0 Å². The average Bonchev–Trinajstić information content (AvgIpc) is 2.02. The standard InChI is InChI=1S/C10H16O4/c1-6-7-8(2)9(11)12-14-13-10(3,4)5/h6H,1-2,7H2,3-5H3. The van der Waals surface area contributed by atoms with E-state index in [9.17, 15) is 4.79 Å². The first kappa shape index (κ1) is 12.9. The lowest BCUT2D eigenvalue weighted by molar-refractivity contribution is -0.513. The largest absolute Gasteiger partial charge is 0.372 e. The number of rotatable bonds is 5. The maximum atomic E-state index is 11.0. The van der Waals surface area contributed by atoms with Crippen LogP contribution in [-0.4, -0.2) is 11.6 Å². The molecule has 0 heterocycles. The van der Waals surface area contributed by atoms with E-state index in [1.54, 1.807) is 26.8 Å². The Labute approximate surface area is 84.0 Å². The van der Waals surface area contributed by atoms with Crippen molar-refractivity contribution < 1.29 is 19.6 Å². The summed E-state index contributed by atoms with van der Waals surface area (Å²) in [6, 6.07) is 0. The zero-order chi connectivity index (χ0) is 11.2. The average molecular weight is 200 g/mol. The third kappa shape index (κ3) is 6.39. The smallest absolute Gasteiger partial charge is 0.264 e.